The van der Waals surface area contributed by atoms with Crippen molar-refractivity contribution in [2.24, 2.45) is 5.92 Å². The van der Waals surface area contributed by atoms with Gasteiger partial charge in [-0.25, -0.2) is 8.42 Å². The van der Waals surface area contributed by atoms with Gasteiger partial charge in [-0.1, -0.05) is 38.0 Å². The molecule has 6 nitrogen and oxygen atoms in total. The fourth-order valence-electron chi connectivity index (χ4n) is 4.10. The SMILES string of the molecule is Cc1ccc(S(=O)(=O)N2CCN(C(=O)CN3CCCCC3)[C@H]2C(C)C)cc1. The van der Waals surface area contributed by atoms with Crippen LogP contribution in [-0.2, 0) is 14.8 Å². The van der Waals surface area contributed by atoms with Crippen molar-refractivity contribution in [3.63, 3.8) is 0 Å². The predicted octanol–water partition coefficient (Wildman–Crippen LogP) is 2.30. The second kappa shape index (κ2) is 8.29. The summed E-state index contributed by atoms with van der Waals surface area (Å²) in [7, 11) is -3.62. The summed E-state index contributed by atoms with van der Waals surface area (Å²) in [6.07, 6.45) is 3.07. The Morgan fingerprint density at radius 3 is 2.26 bits per heavy atom. The van der Waals surface area contributed by atoms with Crippen LogP contribution in [0.1, 0.15) is 38.7 Å². The van der Waals surface area contributed by atoms with Crippen molar-refractivity contribution in [1.82, 2.24) is 14.1 Å². The van der Waals surface area contributed by atoms with Crippen LogP contribution in [0.2, 0.25) is 0 Å². The fraction of sp³-hybridized carbons (Fsp3) is 0.650. The maximum atomic E-state index is 13.2. The molecular weight excluding hydrogens is 362 g/mol. The Balaban J connectivity index is 1.79. The minimum Gasteiger partial charge on any atom is -0.323 e. The molecule has 0 saturated carbocycles. The zero-order valence-electron chi connectivity index (χ0n) is 16.6. The van der Waals surface area contributed by atoms with Gasteiger partial charge in [0.2, 0.25) is 15.9 Å². The second-order valence-electron chi connectivity index (χ2n) is 8.01. The molecular formula is C20H31N3O3S. The topological polar surface area (TPSA) is 60.9 Å². The average Bonchev–Trinajstić information content (AvgIpc) is 3.09. The molecule has 150 valence electrons. The van der Waals surface area contributed by atoms with E-state index >= 15 is 0 Å². The number of rotatable bonds is 5. The van der Waals surface area contributed by atoms with E-state index in [1.54, 1.807) is 17.0 Å². The van der Waals surface area contributed by atoms with Crippen LogP contribution in [-0.4, -0.2) is 67.3 Å². The molecule has 0 N–H and O–H groups in total. The van der Waals surface area contributed by atoms with Gasteiger partial charge >= 0.3 is 0 Å². The van der Waals surface area contributed by atoms with Gasteiger partial charge in [0.05, 0.1) is 11.4 Å². The van der Waals surface area contributed by atoms with Crippen molar-refractivity contribution in [1.29, 1.82) is 0 Å². The lowest BCUT2D eigenvalue weighted by Gasteiger charge is -2.34. The van der Waals surface area contributed by atoms with Gasteiger partial charge in [-0.05, 0) is 50.9 Å². The Kier molecular flexibility index (Phi) is 6.23. The van der Waals surface area contributed by atoms with Crippen molar-refractivity contribution in [3.8, 4) is 0 Å². The number of amides is 1. The molecule has 27 heavy (non-hydrogen) atoms. The molecule has 1 atom stereocenters. The first-order chi connectivity index (χ1) is 12.8. The highest BCUT2D eigenvalue weighted by molar-refractivity contribution is 7.89. The summed E-state index contributed by atoms with van der Waals surface area (Å²) in [5.74, 6) is 0.0650. The van der Waals surface area contributed by atoms with Gasteiger partial charge in [0, 0.05) is 13.1 Å². The number of hydrogen-bond donors (Lipinski definition) is 0. The van der Waals surface area contributed by atoms with E-state index in [0.717, 1.165) is 31.5 Å². The Hall–Kier alpha value is -1.44. The molecule has 1 amide bonds. The van der Waals surface area contributed by atoms with Crippen LogP contribution in [0.25, 0.3) is 0 Å². The maximum Gasteiger partial charge on any atom is 0.244 e. The molecule has 2 saturated heterocycles. The second-order valence-corrected chi connectivity index (χ2v) is 9.90. The highest BCUT2D eigenvalue weighted by Gasteiger charge is 2.43. The third-order valence-electron chi connectivity index (χ3n) is 5.53. The monoisotopic (exact) mass is 393 g/mol. The summed E-state index contributed by atoms with van der Waals surface area (Å²) in [6.45, 7) is 9.01. The summed E-state index contributed by atoms with van der Waals surface area (Å²) < 4.78 is 27.9. The smallest absolute Gasteiger partial charge is 0.244 e. The van der Waals surface area contributed by atoms with Crippen LogP contribution in [0, 0.1) is 12.8 Å². The lowest BCUT2D eigenvalue weighted by molar-refractivity contribution is -0.135. The molecule has 1 aromatic rings. The number of benzene rings is 1. The first-order valence-electron chi connectivity index (χ1n) is 9.91. The molecule has 2 fully saturated rings. The zero-order chi connectivity index (χ0) is 19.6. The van der Waals surface area contributed by atoms with Crippen molar-refractivity contribution in [2.75, 3.05) is 32.7 Å². The Morgan fingerprint density at radius 1 is 1.04 bits per heavy atom. The van der Waals surface area contributed by atoms with E-state index in [4.69, 9.17) is 0 Å². The van der Waals surface area contributed by atoms with Crippen LogP contribution in [0.3, 0.4) is 0 Å². The normalized spacial score (nSPS) is 22.5. The van der Waals surface area contributed by atoms with Gasteiger partial charge in [0.1, 0.15) is 6.17 Å². The summed E-state index contributed by atoms with van der Waals surface area (Å²) in [6, 6.07) is 6.93. The molecule has 2 aliphatic rings. The van der Waals surface area contributed by atoms with Gasteiger partial charge in [-0.2, -0.15) is 4.31 Å². The van der Waals surface area contributed by atoms with Gasteiger partial charge in [0.25, 0.3) is 0 Å². The van der Waals surface area contributed by atoms with Crippen LogP contribution in [0.4, 0.5) is 0 Å². The van der Waals surface area contributed by atoms with Crippen LogP contribution in [0.15, 0.2) is 29.2 Å². The Bertz CT molecular complexity index is 755. The van der Waals surface area contributed by atoms with Crippen LogP contribution >= 0.6 is 0 Å². The molecule has 2 aliphatic heterocycles. The van der Waals surface area contributed by atoms with Crippen molar-refractivity contribution in [2.45, 2.75) is 51.1 Å². The molecule has 0 bridgehead atoms. The number of sulfonamides is 1. The average molecular weight is 394 g/mol. The van der Waals surface area contributed by atoms with Gasteiger partial charge in [-0.15, -0.1) is 0 Å². The summed E-state index contributed by atoms with van der Waals surface area (Å²) in [5.41, 5.74) is 1.02. The predicted molar refractivity (Wildman–Crippen MR) is 106 cm³/mol. The minimum atomic E-state index is -3.62. The van der Waals surface area contributed by atoms with Gasteiger partial charge in [-0.3, -0.25) is 9.69 Å². The lowest BCUT2D eigenvalue weighted by Crippen LogP contribution is -2.50. The van der Waals surface area contributed by atoms with E-state index in [-0.39, 0.29) is 11.8 Å². The molecule has 0 spiro atoms. The Labute approximate surface area is 163 Å². The molecule has 3 rings (SSSR count). The standard InChI is InChI=1S/C20H31N3O3S/c1-16(2)20-22(19(24)15-21-11-5-4-6-12-21)13-14-23(20)27(25,26)18-9-7-17(3)8-10-18/h7-10,16,20H,4-6,11-15H2,1-3H3/t20-/m1/s1. The Morgan fingerprint density at radius 2 is 1.67 bits per heavy atom. The van der Waals surface area contributed by atoms with Gasteiger partial charge < -0.3 is 4.90 Å². The third-order valence-corrected chi connectivity index (χ3v) is 7.41. The molecule has 0 aromatic heterocycles. The molecule has 1 aromatic carbocycles. The molecule has 0 unspecified atom stereocenters. The van der Waals surface area contributed by atoms with E-state index in [1.165, 1.54) is 10.7 Å². The highest BCUT2D eigenvalue weighted by Crippen LogP contribution is 2.29. The van der Waals surface area contributed by atoms with E-state index in [1.807, 2.05) is 32.9 Å². The number of carbonyl (C=O) groups excluding carboxylic acids is 1. The largest absolute Gasteiger partial charge is 0.323 e. The quantitative estimate of drug-likeness (QED) is 0.770. The van der Waals surface area contributed by atoms with Crippen molar-refractivity contribution >= 4 is 15.9 Å². The van der Waals surface area contributed by atoms with Crippen molar-refractivity contribution < 1.29 is 13.2 Å². The number of carbonyl (C=O) groups is 1. The highest BCUT2D eigenvalue weighted by atomic mass is 32.2. The number of hydrogen-bond acceptors (Lipinski definition) is 4. The summed E-state index contributed by atoms with van der Waals surface area (Å²) in [5, 5.41) is 0. The first-order valence-corrected chi connectivity index (χ1v) is 11.3. The molecule has 7 heteroatoms. The third kappa shape index (κ3) is 4.36. The van der Waals surface area contributed by atoms with Crippen LogP contribution < -0.4 is 0 Å². The van der Waals surface area contributed by atoms with Gasteiger partial charge in [0.15, 0.2) is 0 Å². The van der Waals surface area contributed by atoms with E-state index in [2.05, 4.69) is 4.90 Å². The number of likely N-dealkylation sites (tertiary alicyclic amines) is 1. The number of aryl methyl sites for hydroxylation is 1. The molecule has 2 heterocycles. The minimum absolute atomic E-state index is 0.0260. The number of piperidine rings is 1. The van der Waals surface area contributed by atoms with E-state index in [0.29, 0.717) is 24.5 Å². The zero-order valence-corrected chi connectivity index (χ0v) is 17.4. The van der Waals surface area contributed by atoms with Crippen molar-refractivity contribution in [3.05, 3.63) is 29.8 Å². The number of nitrogens with zero attached hydrogens (tertiary/aromatic N) is 3. The fourth-order valence-corrected chi connectivity index (χ4v) is 5.81. The summed E-state index contributed by atoms with van der Waals surface area (Å²) >= 11 is 0. The maximum absolute atomic E-state index is 13.2. The van der Waals surface area contributed by atoms with E-state index < -0.39 is 16.2 Å². The summed E-state index contributed by atoms with van der Waals surface area (Å²) in [4.78, 5) is 17.2. The first kappa shape index (κ1) is 20.3. The van der Waals surface area contributed by atoms with Crippen LogP contribution in [0.5, 0.6) is 0 Å². The molecule has 0 radical (unpaired) electrons. The lowest BCUT2D eigenvalue weighted by atomic mass is 10.1. The molecule has 0 aliphatic carbocycles. The van der Waals surface area contributed by atoms with E-state index in [9.17, 15) is 13.2 Å².